The van der Waals surface area contributed by atoms with E-state index in [2.05, 4.69) is 6.92 Å². The van der Waals surface area contributed by atoms with Gasteiger partial charge < -0.3 is 9.84 Å². The SMILES string of the molecule is CCCCC[C@H]1CC[C@H](CCCOc2ccc(O)c(F)c2)CC1. The van der Waals surface area contributed by atoms with Crippen molar-refractivity contribution in [1.29, 1.82) is 0 Å². The normalized spacial score (nSPS) is 21.3. The summed E-state index contributed by atoms with van der Waals surface area (Å²) >= 11 is 0. The molecule has 2 rings (SSSR count). The van der Waals surface area contributed by atoms with Crippen LogP contribution in [0.4, 0.5) is 4.39 Å². The second-order valence-corrected chi connectivity index (χ2v) is 6.99. The van der Waals surface area contributed by atoms with E-state index in [4.69, 9.17) is 9.84 Å². The molecule has 1 fully saturated rings. The number of unbranched alkanes of at least 4 members (excludes halogenated alkanes) is 2. The van der Waals surface area contributed by atoms with Gasteiger partial charge in [-0.05, 0) is 36.8 Å². The fraction of sp³-hybridized carbons (Fsp3) is 0.700. The first kappa shape index (κ1) is 18.1. The molecule has 1 saturated carbocycles. The van der Waals surface area contributed by atoms with Gasteiger partial charge in [0, 0.05) is 6.07 Å². The van der Waals surface area contributed by atoms with Gasteiger partial charge in [-0.3, -0.25) is 0 Å². The third kappa shape index (κ3) is 6.40. The first-order chi connectivity index (χ1) is 11.2. The first-order valence-corrected chi connectivity index (χ1v) is 9.30. The maximum atomic E-state index is 13.2. The Morgan fingerprint density at radius 3 is 2.30 bits per heavy atom. The van der Waals surface area contributed by atoms with E-state index in [1.54, 1.807) is 6.07 Å². The number of phenolic OH excluding ortho intramolecular Hbond substituents is 1. The number of halogens is 1. The van der Waals surface area contributed by atoms with Crippen molar-refractivity contribution in [3.63, 3.8) is 0 Å². The molecule has 0 bridgehead atoms. The Morgan fingerprint density at radius 2 is 1.70 bits per heavy atom. The van der Waals surface area contributed by atoms with Gasteiger partial charge in [0.25, 0.3) is 0 Å². The Bertz CT molecular complexity index is 453. The zero-order valence-corrected chi connectivity index (χ0v) is 14.4. The molecule has 0 heterocycles. The van der Waals surface area contributed by atoms with Crippen molar-refractivity contribution in [1.82, 2.24) is 0 Å². The fourth-order valence-corrected chi connectivity index (χ4v) is 3.63. The van der Waals surface area contributed by atoms with Gasteiger partial charge in [-0.15, -0.1) is 0 Å². The van der Waals surface area contributed by atoms with Crippen LogP contribution in [0.15, 0.2) is 18.2 Å². The highest BCUT2D eigenvalue weighted by molar-refractivity contribution is 5.31. The summed E-state index contributed by atoms with van der Waals surface area (Å²) in [6.07, 6.45) is 13.3. The van der Waals surface area contributed by atoms with Crippen LogP contribution in [0.25, 0.3) is 0 Å². The number of rotatable bonds is 9. The zero-order valence-electron chi connectivity index (χ0n) is 14.4. The van der Waals surface area contributed by atoms with E-state index in [-0.39, 0.29) is 5.75 Å². The molecule has 0 radical (unpaired) electrons. The van der Waals surface area contributed by atoms with Gasteiger partial charge in [0.1, 0.15) is 5.75 Å². The molecule has 0 spiro atoms. The molecule has 1 aromatic carbocycles. The third-order valence-corrected chi connectivity index (χ3v) is 5.13. The van der Waals surface area contributed by atoms with Gasteiger partial charge in [-0.25, -0.2) is 4.39 Å². The second kappa shape index (κ2) is 9.79. The average molecular weight is 322 g/mol. The number of aromatic hydroxyl groups is 1. The summed E-state index contributed by atoms with van der Waals surface area (Å²) in [5.74, 6) is 1.36. The molecule has 2 nitrogen and oxygen atoms in total. The molecule has 1 aliphatic carbocycles. The summed E-state index contributed by atoms with van der Waals surface area (Å²) < 4.78 is 18.8. The summed E-state index contributed by atoms with van der Waals surface area (Å²) in [6, 6.07) is 4.20. The van der Waals surface area contributed by atoms with E-state index in [0.717, 1.165) is 18.3 Å². The van der Waals surface area contributed by atoms with Crippen LogP contribution in [0.1, 0.15) is 71.1 Å². The molecule has 23 heavy (non-hydrogen) atoms. The Labute approximate surface area is 140 Å². The van der Waals surface area contributed by atoms with E-state index in [1.165, 1.54) is 69.9 Å². The lowest BCUT2D eigenvalue weighted by Crippen LogP contribution is -2.15. The van der Waals surface area contributed by atoms with E-state index in [0.29, 0.717) is 12.4 Å². The third-order valence-electron chi connectivity index (χ3n) is 5.13. The monoisotopic (exact) mass is 322 g/mol. The summed E-state index contributed by atoms with van der Waals surface area (Å²) in [7, 11) is 0. The van der Waals surface area contributed by atoms with Crippen molar-refractivity contribution in [2.24, 2.45) is 11.8 Å². The van der Waals surface area contributed by atoms with E-state index >= 15 is 0 Å². The molecular formula is C20H31FO2. The Kier molecular flexibility index (Phi) is 7.70. The Balaban J connectivity index is 1.56. The predicted molar refractivity (Wildman–Crippen MR) is 92.4 cm³/mol. The highest BCUT2D eigenvalue weighted by atomic mass is 19.1. The molecule has 0 atom stereocenters. The molecule has 3 heteroatoms. The van der Waals surface area contributed by atoms with Crippen molar-refractivity contribution in [2.75, 3.05) is 6.61 Å². The van der Waals surface area contributed by atoms with E-state index in [1.807, 2.05) is 0 Å². The van der Waals surface area contributed by atoms with Crippen molar-refractivity contribution >= 4 is 0 Å². The molecule has 0 unspecified atom stereocenters. The maximum Gasteiger partial charge on any atom is 0.168 e. The standard InChI is InChI=1S/C20H31FO2/c1-2-3-4-6-16-8-10-17(11-9-16)7-5-14-23-18-12-13-20(22)19(21)15-18/h12-13,15-17,22H,2-11,14H2,1H3/t16-,17-. The predicted octanol–water partition coefficient (Wildman–Crippen LogP) is 6.08. The van der Waals surface area contributed by atoms with Crippen LogP contribution < -0.4 is 4.74 Å². The molecule has 130 valence electrons. The lowest BCUT2D eigenvalue weighted by atomic mass is 9.78. The van der Waals surface area contributed by atoms with Gasteiger partial charge in [0.15, 0.2) is 11.6 Å². The van der Waals surface area contributed by atoms with Crippen molar-refractivity contribution in [2.45, 2.75) is 71.1 Å². The first-order valence-electron chi connectivity index (χ1n) is 9.30. The fourth-order valence-electron chi connectivity index (χ4n) is 3.63. The summed E-state index contributed by atoms with van der Waals surface area (Å²) in [6.45, 7) is 2.90. The molecular weight excluding hydrogens is 291 g/mol. The average Bonchev–Trinajstić information content (AvgIpc) is 2.56. The summed E-state index contributed by atoms with van der Waals surface area (Å²) in [5.41, 5.74) is 0. The number of phenols is 1. The summed E-state index contributed by atoms with van der Waals surface area (Å²) in [4.78, 5) is 0. The summed E-state index contributed by atoms with van der Waals surface area (Å²) in [5, 5.41) is 9.14. The number of benzene rings is 1. The van der Waals surface area contributed by atoms with Crippen molar-refractivity contribution in [3.8, 4) is 11.5 Å². The van der Waals surface area contributed by atoms with Crippen LogP contribution in [0.5, 0.6) is 11.5 Å². The molecule has 0 aromatic heterocycles. The highest BCUT2D eigenvalue weighted by Gasteiger charge is 2.20. The van der Waals surface area contributed by atoms with Crippen LogP contribution in [-0.4, -0.2) is 11.7 Å². The lowest BCUT2D eigenvalue weighted by Gasteiger charge is -2.28. The van der Waals surface area contributed by atoms with E-state index < -0.39 is 5.82 Å². The minimum atomic E-state index is -0.621. The number of hydrogen-bond donors (Lipinski definition) is 1. The van der Waals surface area contributed by atoms with Crippen molar-refractivity contribution in [3.05, 3.63) is 24.0 Å². The number of hydrogen-bond acceptors (Lipinski definition) is 2. The van der Waals surface area contributed by atoms with Crippen LogP contribution in [0.3, 0.4) is 0 Å². The molecule has 1 aromatic rings. The van der Waals surface area contributed by atoms with Gasteiger partial charge in [0.2, 0.25) is 0 Å². The zero-order chi connectivity index (χ0) is 16.5. The highest BCUT2D eigenvalue weighted by Crippen LogP contribution is 2.34. The molecule has 0 saturated heterocycles. The van der Waals surface area contributed by atoms with Crippen LogP contribution >= 0.6 is 0 Å². The Morgan fingerprint density at radius 1 is 1.04 bits per heavy atom. The number of ether oxygens (including phenoxy) is 1. The second-order valence-electron chi connectivity index (χ2n) is 6.99. The topological polar surface area (TPSA) is 29.5 Å². The van der Waals surface area contributed by atoms with E-state index in [9.17, 15) is 4.39 Å². The minimum Gasteiger partial charge on any atom is -0.505 e. The largest absolute Gasteiger partial charge is 0.505 e. The van der Waals surface area contributed by atoms with Crippen LogP contribution in [0.2, 0.25) is 0 Å². The van der Waals surface area contributed by atoms with Crippen LogP contribution in [0, 0.1) is 17.7 Å². The van der Waals surface area contributed by atoms with Crippen molar-refractivity contribution < 1.29 is 14.2 Å². The van der Waals surface area contributed by atoms with Gasteiger partial charge in [-0.2, -0.15) is 0 Å². The Hall–Kier alpha value is -1.25. The molecule has 0 aliphatic heterocycles. The van der Waals surface area contributed by atoms with Gasteiger partial charge >= 0.3 is 0 Å². The van der Waals surface area contributed by atoms with Crippen LogP contribution in [-0.2, 0) is 0 Å². The lowest BCUT2D eigenvalue weighted by molar-refractivity contribution is 0.228. The molecule has 1 aliphatic rings. The smallest absolute Gasteiger partial charge is 0.168 e. The molecule has 0 amide bonds. The van der Waals surface area contributed by atoms with Gasteiger partial charge in [0.05, 0.1) is 6.61 Å². The van der Waals surface area contributed by atoms with Gasteiger partial charge in [-0.1, -0.05) is 58.3 Å². The maximum absolute atomic E-state index is 13.2. The molecule has 1 N–H and O–H groups in total. The quantitative estimate of drug-likeness (QED) is 0.558. The minimum absolute atomic E-state index is 0.326.